The molecule has 0 aliphatic carbocycles. The molecular formula is C24H29ClN2O4. The van der Waals surface area contributed by atoms with Crippen LogP contribution in [0.3, 0.4) is 0 Å². The summed E-state index contributed by atoms with van der Waals surface area (Å²) < 4.78 is 10.8. The average molecular weight is 445 g/mol. The first-order chi connectivity index (χ1) is 14.9. The largest absolute Gasteiger partial charge is 0.454 e. The van der Waals surface area contributed by atoms with Crippen LogP contribution in [0.1, 0.15) is 44.7 Å². The van der Waals surface area contributed by atoms with Gasteiger partial charge in [0.15, 0.2) is 11.5 Å². The lowest BCUT2D eigenvalue weighted by atomic mass is 10.1. The number of hydrogen-bond donors (Lipinski definition) is 1. The van der Waals surface area contributed by atoms with Gasteiger partial charge in [0.25, 0.3) is 0 Å². The zero-order valence-corrected chi connectivity index (χ0v) is 18.9. The summed E-state index contributed by atoms with van der Waals surface area (Å²) in [7, 11) is 0. The van der Waals surface area contributed by atoms with Crippen LogP contribution >= 0.6 is 11.6 Å². The van der Waals surface area contributed by atoms with Crippen molar-refractivity contribution in [1.29, 1.82) is 0 Å². The van der Waals surface area contributed by atoms with E-state index in [4.69, 9.17) is 21.1 Å². The Morgan fingerprint density at radius 2 is 1.87 bits per heavy atom. The first-order valence-electron chi connectivity index (χ1n) is 10.6. The van der Waals surface area contributed by atoms with E-state index in [9.17, 15) is 9.59 Å². The monoisotopic (exact) mass is 444 g/mol. The number of rotatable bonds is 9. The van der Waals surface area contributed by atoms with E-state index < -0.39 is 6.04 Å². The third kappa shape index (κ3) is 6.14. The van der Waals surface area contributed by atoms with E-state index in [1.807, 2.05) is 50.2 Å². The van der Waals surface area contributed by atoms with E-state index in [0.29, 0.717) is 29.5 Å². The molecule has 2 aromatic rings. The van der Waals surface area contributed by atoms with Crippen LogP contribution in [0, 0.1) is 0 Å². The van der Waals surface area contributed by atoms with E-state index in [1.54, 1.807) is 17.9 Å². The fourth-order valence-corrected chi connectivity index (χ4v) is 3.58. The molecule has 2 aromatic carbocycles. The Balaban J connectivity index is 1.72. The summed E-state index contributed by atoms with van der Waals surface area (Å²) in [5.41, 5.74) is 1.86. The Morgan fingerprint density at radius 1 is 1.10 bits per heavy atom. The number of hydrogen-bond acceptors (Lipinski definition) is 4. The van der Waals surface area contributed by atoms with Gasteiger partial charge < -0.3 is 19.7 Å². The predicted octanol–water partition coefficient (Wildman–Crippen LogP) is 4.33. The third-order valence-corrected chi connectivity index (χ3v) is 5.71. The number of amides is 2. The lowest BCUT2D eigenvalue weighted by molar-refractivity contribution is -0.140. The Bertz CT molecular complexity index is 934. The number of ether oxygens (including phenoxy) is 2. The van der Waals surface area contributed by atoms with Gasteiger partial charge in [-0.3, -0.25) is 9.59 Å². The Hall–Kier alpha value is -2.73. The minimum atomic E-state index is -0.600. The van der Waals surface area contributed by atoms with E-state index in [-0.39, 0.29) is 31.1 Å². The van der Waals surface area contributed by atoms with Gasteiger partial charge in [0.2, 0.25) is 18.6 Å². The number of nitrogens with one attached hydrogen (secondary N) is 1. The molecule has 1 N–H and O–H groups in total. The van der Waals surface area contributed by atoms with Crippen molar-refractivity contribution in [3.63, 3.8) is 0 Å². The number of carbonyl (C=O) groups excluding carboxylic acids is 2. The van der Waals surface area contributed by atoms with Gasteiger partial charge in [0.1, 0.15) is 6.04 Å². The van der Waals surface area contributed by atoms with E-state index in [2.05, 4.69) is 5.32 Å². The smallest absolute Gasteiger partial charge is 0.242 e. The van der Waals surface area contributed by atoms with Crippen LogP contribution in [0.15, 0.2) is 42.5 Å². The highest BCUT2D eigenvalue weighted by Gasteiger charge is 2.26. The highest BCUT2D eigenvalue weighted by molar-refractivity contribution is 6.30. The quantitative estimate of drug-likeness (QED) is 0.625. The molecule has 0 aromatic heterocycles. The molecule has 166 valence electrons. The van der Waals surface area contributed by atoms with Crippen LogP contribution in [-0.2, 0) is 22.6 Å². The van der Waals surface area contributed by atoms with Crippen molar-refractivity contribution in [2.75, 3.05) is 6.79 Å². The van der Waals surface area contributed by atoms with Crippen molar-refractivity contribution in [3.8, 4) is 11.5 Å². The van der Waals surface area contributed by atoms with Crippen molar-refractivity contribution in [3.05, 3.63) is 58.6 Å². The minimum absolute atomic E-state index is 0.0479. The molecule has 0 saturated carbocycles. The summed E-state index contributed by atoms with van der Waals surface area (Å²) >= 11 is 6.12. The van der Waals surface area contributed by atoms with Crippen molar-refractivity contribution in [2.24, 2.45) is 0 Å². The molecule has 2 atom stereocenters. The molecule has 1 aliphatic heterocycles. The van der Waals surface area contributed by atoms with E-state index >= 15 is 0 Å². The molecule has 3 rings (SSSR count). The molecule has 0 bridgehead atoms. The maximum absolute atomic E-state index is 13.2. The molecule has 0 saturated heterocycles. The number of aryl methyl sites for hydroxylation is 1. The van der Waals surface area contributed by atoms with Crippen LogP contribution in [-0.4, -0.2) is 35.6 Å². The maximum Gasteiger partial charge on any atom is 0.242 e. The molecule has 31 heavy (non-hydrogen) atoms. The Kier molecular flexibility index (Phi) is 7.80. The summed E-state index contributed by atoms with van der Waals surface area (Å²) in [5.74, 6) is 1.16. The molecule has 6 nitrogen and oxygen atoms in total. The Morgan fingerprint density at radius 3 is 2.61 bits per heavy atom. The summed E-state index contributed by atoms with van der Waals surface area (Å²) in [6, 6.07) is 12.5. The summed E-state index contributed by atoms with van der Waals surface area (Å²) in [6.45, 7) is 6.26. The lowest BCUT2D eigenvalue weighted by Gasteiger charge is -2.30. The molecule has 7 heteroatoms. The van der Waals surface area contributed by atoms with Crippen LogP contribution in [0.4, 0.5) is 0 Å². The van der Waals surface area contributed by atoms with Crippen LogP contribution in [0.25, 0.3) is 0 Å². The third-order valence-electron chi connectivity index (χ3n) is 5.47. The van der Waals surface area contributed by atoms with E-state index in [1.165, 1.54) is 0 Å². The van der Waals surface area contributed by atoms with Crippen LogP contribution < -0.4 is 14.8 Å². The first kappa shape index (κ1) is 22.9. The SMILES string of the molecule is CC[C@@H](C)NC(=O)[C@@H](C)N(Cc1cccc(Cl)c1)C(=O)CCc1ccc2c(c1)OCO2. The van der Waals surface area contributed by atoms with Crippen LogP contribution in [0.5, 0.6) is 11.5 Å². The van der Waals surface area contributed by atoms with Crippen molar-refractivity contribution < 1.29 is 19.1 Å². The standard InChI is InChI=1S/C24H29ClN2O4/c1-4-16(2)26-24(29)17(3)27(14-19-6-5-7-20(25)12-19)23(28)11-9-18-8-10-21-22(13-18)31-15-30-21/h5-8,10,12-13,16-17H,4,9,11,14-15H2,1-3H3,(H,26,29)/t16-,17-/m1/s1. The molecule has 0 fully saturated rings. The highest BCUT2D eigenvalue weighted by Crippen LogP contribution is 2.32. The number of fused-ring (bicyclic) bond motifs is 1. The first-order valence-corrected chi connectivity index (χ1v) is 11.0. The zero-order chi connectivity index (χ0) is 22.4. The molecule has 1 aliphatic rings. The highest BCUT2D eigenvalue weighted by atomic mass is 35.5. The van der Waals surface area contributed by atoms with Gasteiger partial charge in [-0.2, -0.15) is 0 Å². The van der Waals surface area contributed by atoms with Crippen LogP contribution in [0.2, 0.25) is 5.02 Å². The predicted molar refractivity (Wildman–Crippen MR) is 120 cm³/mol. The lowest BCUT2D eigenvalue weighted by Crippen LogP contribution is -2.49. The summed E-state index contributed by atoms with van der Waals surface area (Å²) in [4.78, 5) is 27.6. The van der Waals surface area contributed by atoms with Gasteiger partial charge in [-0.05, 0) is 62.1 Å². The number of carbonyl (C=O) groups is 2. The summed E-state index contributed by atoms with van der Waals surface area (Å²) in [5, 5.41) is 3.57. The number of nitrogens with zero attached hydrogens (tertiary/aromatic N) is 1. The molecule has 1 heterocycles. The minimum Gasteiger partial charge on any atom is -0.454 e. The molecule has 0 radical (unpaired) electrons. The van der Waals surface area contributed by atoms with Crippen molar-refractivity contribution >= 4 is 23.4 Å². The fourth-order valence-electron chi connectivity index (χ4n) is 3.37. The van der Waals surface area contributed by atoms with Gasteiger partial charge in [0, 0.05) is 24.0 Å². The Labute approximate surface area is 188 Å². The molecule has 0 unspecified atom stereocenters. The summed E-state index contributed by atoms with van der Waals surface area (Å²) in [6.07, 6.45) is 1.65. The number of benzene rings is 2. The average Bonchev–Trinajstić information content (AvgIpc) is 3.23. The molecular weight excluding hydrogens is 416 g/mol. The normalized spacial score (nSPS) is 14.1. The van der Waals surface area contributed by atoms with Crippen molar-refractivity contribution in [1.82, 2.24) is 10.2 Å². The van der Waals surface area contributed by atoms with Crippen molar-refractivity contribution in [2.45, 2.75) is 58.7 Å². The van der Waals surface area contributed by atoms with Gasteiger partial charge in [0.05, 0.1) is 0 Å². The number of halogens is 1. The second-order valence-electron chi connectivity index (χ2n) is 7.83. The van der Waals surface area contributed by atoms with Gasteiger partial charge in [-0.1, -0.05) is 36.7 Å². The topological polar surface area (TPSA) is 67.9 Å². The zero-order valence-electron chi connectivity index (χ0n) is 18.2. The second-order valence-corrected chi connectivity index (χ2v) is 8.27. The van der Waals surface area contributed by atoms with E-state index in [0.717, 1.165) is 17.5 Å². The van der Waals surface area contributed by atoms with Gasteiger partial charge in [-0.25, -0.2) is 0 Å². The molecule has 2 amide bonds. The second kappa shape index (κ2) is 10.5. The fraction of sp³-hybridized carbons (Fsp3) is 0.417. The molecule has 0 spiro atoms. The van der Waals surface area contributed by atoms with Gasteiger partial charge in [-0.15, -0.1) is 0 Å². The maximum atomic E-state index is 13.2. The van der Waals surface area contributed by atoms with Gasteiger partial charge >= 0.3 is 0 Å².